The van der Waals surface area contributed by atoms with Crippen LogP contribution in [0.1, 0.15) is 81.0 Å². The van der Waals surface area contributed by atoms with Crippen molar-refractivity contribution in [3.63, 3.8) is 0 Å². The molecule has 12 heteroatoms. The van der Waals surface area contributed by atoms with Gasteiger partial charge >= 0.3 is 0 Å². The lowest BCUT2D eigenvalue weighted by Crippen LogP contribution is -2.54. The molecule has 2 aromatic rings. The summed E-state index contributed by atoms with van der Waals surface area (Å²) in [4.78, 5) is 72.0. The van der Waals surface area contributed by atoms with Crippen molar-refractivity contribution < 1.29 is 24.0 Å². The summed E-state index contributed by atoms with van der Waals surface area (Å²) in [6.45, 7) is 5.65. The fraction of sp³-hybridized carbons (Fsp3) is 0.562. The van der Waals surface area contributed by atoms with Gasteiger partial charge in [-0.05, 0) is 63.0 Å². The van der Waals surface area contributed by atoms with Crippen LogP contribution in [0, 0.1) is 5.92 Å². The average Bonchev–Trinajstić information content (AvgIpc) is 3.50. The summed E-state index contributed by atoms with van der Waals surface area (Å²) in [6, 6.07) is 4.35. The molecule has 5 amide bonds. The van der Waals surface area contributed by atoms with Gasteiger partial charge in [0.15, 0.2) is 0 Å². The van der Waals surface area contributed by atoms with Gasteiger partial charge in [-0.2, -0.15) is 5.10 Å². The van der Waals surface area contributed by atoms with Crippen LogP contribution in [0.3, 0.4) is 0 Å². The zero-order valence-corrected chi connectivity index (χ0v) is 25.2. The van der Waals surface area contributed by atoms with E-state index in [0.29, 0.717) is 30.1 Å². The van der Waals surface area contributed by atoms with Crippen LogP contribution in [0.25, 0.3) is 0 Å². The van der Waals surface area contributed by atoms with Crippen molar-refractivity contribution in [2.75, 3.05) is 50.7 Å². The molecule has 3 saturated heterocycles. The van der Waals surface area contributed by atoms with Crippen LogP contribution in [0.15, 0.2) is 18.2 Å². The van der Waals surface area contributed by atoms with Gasteiger partial charge in [-0.25, -0.2) is 0 Å². The maximum Gasteiger partial charge on any atom is 0.272 e. The number of piperazine rings is 1. The number of piperidine rings is 2. The van der Waals surface area contributed by atoms with Crippen molar-refractivity contribution in [3.8, 4) is 0 Å². The van der Waals surface area contributed by atoms with Crippen LogP contribution in [-0.4, -0.2) is 106 Å². The number of imide groups is 2. The minimum atomic E-state index is -0.969. The zero-order chi connectivity index (χ0) is 30.5. The number of rotatable bonds is 5. The van der Waals surface area contributed by atoms with Gasteiger partial charge in [0.25, 0.3) is 17.7 Å². The highest BCUT2D eigenvalue weighted by Crippen LogP contribution is 2.36. The first kappa shape index (κ1) is 28.7. The van der Waals surface area contributed by atoms with Crippen LogP contribution in [0.5, 0.6) is 0 Å². The Bertz CT molecular complexity index is 1530. The average molecular weight is 602 g/mol. The third kappa shape index (κ3) is 4.98. The summed E-state index contributed by atoms with van der Waals surface area (Å²) >= 11 is 0. The Morgan fingerprint density at radius 2 is 1.66 bits per heavy atom. The van der Waals surface area contributed by atoms with E-state index in [9.17, 15) is 24.0 Å². The normalized spacial score (nSPS) is 23.2. The summed E-state index contributed by atoms with van der Waals surface area (Å²) in [5, 5.41) is 6.89. The van der Waals surface area contributed by atoms with Crippen molar-refractivity contribution in [1.29, 1.82) is 0 Å². The first-order valence-electron chi connectivity index (χ1n) is 16.0. The highest BCUT2D eigenvalue weighted by atomic mass is 16.2. The lowest BCUT2D eigenvalue weighted by molar-refractivity contribution is -0.136. The Balaban J connectivity index is 0.944. The number of hydrogen-bond donors (Lipinski definition) is 1. The number of nitrogens with zero attached hydrogens (tertiary/aromatic N) is 6. The number of carbonyl (C=O) groups excluding carboxylic acids is 5. The van der Waals surface area contributed by atoms with Crippen molar-refractivity contribution >= 4 is 35.2 Å². The molecule has 0 radical (unpaired) electrons. The predicted molar refractivity (Wildman–Crippen MR) is 160 cm³/mol. The summed E-state index contributed by atoms with van der Waals surface area (Å²) in [5.41, 5.74) is 4.42. The molecule has 1 aromatic carbocycles. The Morgan fingerprint density at radius 1 is 0.909 bits per heavy atom. The molecule has 12 nitrogen and oxygen atoms in total. The van der Waals surface area contributed by atoms with Gasteiger partial charge in [-0.1, -0.05) is 6.07 Å². The molecule has 232 valence electrons. The second-order valence-corrected chi connectivity index (χ2v) is 12.8. The number of nitrogens with one attached hydrogen (secondary N) is 1. The van der Waals surface area contributed by atoms with Crippen molar-refractivity contribution in [3.05, 3.63) is 46.3 Å². The predicted octanol–water partition coefficient (Wildman–Crippen LogP) is 1.37. The molecular formula is C32H39N7O5. The van der Waals surface area contributed by atoms with Crippen LogP contribution >= 0.6 is 0 Å². The SMILES string of the molecule is Cn1nc2c(c1C(=O)N1CCN(CC3CCN(c4cccc5c4C(=O)N(C4CCC(=O)NC4=O)C5=O)CC3)CC1)CCCC2. The lowest BCUT2D eigenvalue weighted by Gasteiger charge is -2.39. The van der Waals surface area contributed by atoms with E-state index in [1.165, 1.54) is 0 Å². The molecular weight excluding hydrogens is 562 g/mol. The molecule has 1 unspecified atom stereocenters. The van der Waals surface area contributed by atoms with Crippen LogP contribution in [-0.2, 0) is 29.5 Å². The van der Waals surface area contributed by atoms with E-state index in [2.05, 4.69) is 20.2 Å². The molecule has 1 aromatic heterocycles. The van der Waals surface area contributed by atoms with Crippen LogP contribution < -0.4 is 10.2 Å². The fourth-order valence-electron chi connectivity index (χ4n) is 7.71. The monoisotopic (exact) mass is 601 g/mol. The minimum Gasteiger partial charge on any atom is -0.371 e. The number of aromatic nitrogens is 2. The van der Waals surface area contributed by atoms with Gasteiger partial charge < -0.3 is 9.80 Å². The van der Waals surface area contributed by atoms with E-state index in [4.69, 9.17) is 0 Å². The summed E-state index contributed by atoms with van der Waals surface area (Å²) < 4.78 is 1.79. The van der Waals surface area contributed by atoms with Gasteiger partial charge in [0.05, 0.1) is 22.5 Å². The molecule has 5 aliphatic rings. The van der Waals surface area contributed by atoms with E-state index in [1.54, 1.807) is 16.8 Å². The number of carbonyl (C=O) groups is 5. The highest BCUT2D eigenvalue weighted by molar-refractivity contribution is 6.25. The van der Waals surface area contributed by atoms with E-state index >= 15 is 0 Å². The van der Waals surface area contributed by atoms with Gasteiger partial charge in [0.2, 0.25) is 11.8 Å². The van der Waals surface area contributed by atoms with E-state index in [1.807, 2.05) is 18.0 Å². The molecule has 3 fully saturated rings. The van der Waals surface area contributed by atoms with E-state index in [-0.39, 0.29) is 24.7 Å². The second-order valence-electron chi connectivity index (χ2n) is 12.8. The third-order valence-corrected chi connectivity index (χ3v) is 10.1. The molecule has 44 heavy (non-hydrogen) atoms. The quantitative estimate of drug-likeness (QED) is 0.510. The van der Waals surface area contributed by atoms with Crippen molar-refractivity contribution in [2.45, 2.75) is 57.4 Å². The Hall–Kier alpha value is -4.06. The molecule has 1 aliphatic carbocycles. The largest absolute Gasteiger partial charge is 0.371 e. The number of fused-ring (bicyclic) bond motifs is 2. The minimum absolute atomic E-state index is 0.0989. The molecule has 1 N–H and O–H groups in total. The smallest absolute Gasteiger partial charge is 0.272 e. The number of aryl methyl sites for hydroxylation is 2. The zero-order valence-electron chi connectivity index (χ0n) is 25.2. The fourth-order valence-corrected chi connectivity index (χ4v) is 7.71. The molecule has 5 heterocycles. The van der Waals surface area contributed by atoms with Gasteiger partial charge in [-0.15, -0.1) is 0 Å². The molecule has 0 spiro atoms. The van der Waals surface area contributed by atoms with Crippen LogP contribution in [0.4, 0.5) is 5.69 Å². The van der Waals surface area contributed by atoms with Gasteiger partial charge in [0.1, 0.15) is 11.7 Å². The molecule has 0 saturated carbocycles. The Kier molecular flexibility index (Phi) is 7.47. The standard InChI is InChI=1S/C32H39N7O5/c1-35-28(21-5-2-3-7-23(21)34-35)32(44)38-17-15-36(16-18-38)19-20-11-13-37(14-12-20)24-8-4-6-22-27(24)31(43)39(30(22)42)25-9-10-26(40)33-29(25)41/h4,6,8,20,25H,2-3,5,7,9-19H2,1H3,(H,33,40,41). The lowest BCUT2D eigenvalue weighted by atomic mass is 9.94. The van der Waals surface area contributed by atoms with Crippen molar-refractivity contribution in [2.24, 2.45) is 13.0 Å². The third-order valence-electron chi connectivity index (χ3n) is 10.1. The topological polar surface area (TPSA) is 128 Å². The number of amides is 5. The molecule has 1 atom stereocenters. The number of benzene rings is 1. The maximum atomic E-state index is 13.5. The maximum absolute atomic E-state index is 13.5. The Morgan fingerprint density at radius 3 is 2.41 bits per heavy atom. The summed E-state index contributed by atoms with van der Waals surface area (Å²) in [5.74, 6) is -1.31. The molecule has 0 bridgehead atoms. The second kappa shape index (κ2) is 11.5. The summed E-state index contributed by atoms with van der Waals surface area (Å²) in [7, 11) is 1.89. The first-order valence-corrected chi connectivity index (χ1v) is 16.0. The van der Waals surface area contributed by atoms with Gasteiger partial charge in [0, 0.05) is 64.8 Å². The summed E-state index contributed by atoms with van der Waals surface area (Å²) in [6.07, 6.45) is 6.33. The number of anilines is 1. The van der Waals surface area contributed by atoms with E-state index in [0.717, 1.165) is 98.8 Å². The van der Waals surface area contributed by atoms with Crippen LogP contribution in [0.2, 0.25) is 0 Å². The Labute approximate surface area is 256 Å². The number of hydrogen-bond acceptors (Lipinski definition) is 8. The first-order chi connectivity index (χ1) is 21.3. The van der Waals surface area contributed by atoms with Gasteiger partial charge in [-0.3, -0.25) is 43.8 Å². The molecule has 4 aliphatic heterocycles. The molecule has 7 rings (SSSR count). The highest BCUT2D eigenvalue weighted by Gasteiger charge is 2.46. The van der Waals surface area contributed by atoms with Crippen molar-refractivity contribution in [1.82, 2.24) is 29.8 Å². The van der Waals surface area contributed by atoms with E-state index < -0.39 is 23.8 Å².